The molecule has 0 fully saturated rings. The van der Waals surface area contributed by atoms with Crippen LogP contribution in [0.1, 0.15) is 18.5 Å². The number of aliphatic hydroxyl groups excluding tert-OH is 1. The van der Waals surface area contributed by atoms with E-state index in [0.29, 0.717) is 12.4 Å². The standard InChI is InChI=1S/C13H21N3O2/c1-11-6-5-7-12(14-11)15-13(18)10-16(2)8-3-4-9-17/h5-7,17H,3-4,8-10H2,1-2H3,(H,14,15,18). The number of hydrogen-bond acceptors (Lipinski definition) is 4. The molecule has 18 heavy (non-hydrogen) atoms. The predicted octanol–water partition coefficient (Wildman–Crippen LogP) is 1.03. The van der Waals surface area contributed by atoms with E-state index in [1.54, 1.807) is 6.07 Å². The van der Waals surface area contributed by atoms with Gasteiger partial charge in [-0.15, -0.1) is 0 Å². The molecule has 0 atom stereocenters. The molecule has 1 aromatic rings. The van der Waals surface area contributed by atoms with Gasteiger partial charge in [0.05, 0.1) is 6.54 Å². The number of nitrogens with zero attached hydrogens (tertiary/aromatic N) is 2. The number of carbonyl (C=O) groups excluding carboxylic acids is 1. The first-order valence-corrected chi connectivity index (χ1v) is 6.14. The molecular weight excluding hydrogens is 230 g/mol. The van der Waals surface area contributed by atoms with Gasteiger partial charge in [-0.3, -0.25) is 9.69 Å². The smallest absolute Gasteiger partial charge is 0.239 e. The lowest BCUT2D eigenvalue weighted by molar-refractivity contribution is -0.117. The molecule has 0 aliphatic rings. The highest BCUT2D eigenvalue weighted by Gasteiger charge is 2.07. The van der Waals surface area contributed by atoms with E-state index < -0.39 is 0 Å². The van der Waals surface area contributed by atoms with Crippen molar-refractivity contribution in [2.45, 2.75) is 19.8 Å². The van der Waals surface area contributed by atoms with Crippen LogP contribution in [0.25, 0.3) is 0 Å². The Labute approximate surface area is 108 Å². The van der Waals surface area contributed by atoms with Gasteiger partial charge in [-0.2, -0.15) is 0 Å². The number of unbranched alkanes of at least 4 members (excludes halogenated alkanes) is 1. The lowest BCUT2D eigenvalue weighted by Gasteiger charge is -2.15. The number of amides is 1. The van der Waals surface area contributed by atoms with Crippen LogP contribution in [0.15, 0.2) is 18.2 Å². The average Bonchev–Trinajstić information content (AvgIpc) is 2.29. The largest absolute Gasteiger partial charge is 0.396 e. The molecule has 2 N–H and O–H groups in total. The zero-order chi connectivity index (χ0) is 13.4. The number of aromatic nitrogens is 1. The maximum Gasteiger partial charge on any atom is 0.239 e. The molecule has 0 aromatic carbocycles. The Bertz CT molecular complexity index is 382. The lowest BCUT2D eigenvalue weighted by Crippen LogP contribution is -2.31. The van der Waals surface area contributed by atoms with E-state index >= 15 is 0 Å². The van der Waals surface area contributed by atoms with Crippen molar-refractivity contribution in [3.8, 4) is 0 Å². The second-order valence-electron chi connectivity index (χ2n) is 4.38. The third-order valence-electron chi connectivity index (χ3n) is 2.52. The number of anilines is 1. The summed E-state index contributed by atoms with van der Waals surface area (Å²) < 4.78 is 0. The van der Waals surface area contributed by atoms with Crippen LogP contribution in [0.3, 0.4) is 0 Å². The van der Waals surface area contributed by atoms with Crippen LogP contribution in [0, 0.1) is 6.92 Å². The molecule has 5 nitrogen and oxygen atoms in total. The molecule has 0 aliphatic carbocycles. The molecule has 1 aromatic heterocycles. The number of likely N-dealkylation sites (N-methyl/N-ethyl adjacent to an activating group) is 1. The summed E-state index contributed by atoms with van der Waals surface area (Å²) in [5.74, 6) is 0.517. The van der Waals surface area contributed by atoms with Gasteiger partial charge < -0.3 is 10.4 Å². The highest BCUT2D eigenvalue weighted by atomic mass is 16.2. The fourth-order valence-corrected chi connectivity index (χ4v) is 1.61. The predicted molar refractivity (Wildman–Crippen MR) is 71.4 cm³/mol. The van der Waals surface area contributed by atoms with Crippen molar-refractivity contribution >= 4 is 11.7 Å². The van der Waals surface area contributed by atoms with Crippen LogP contribution < -0.4 is 5.32 Å². The molecule has 1 amide bonds. The minimum absolute atomic E-state index is 0.0698. The SMILES string of the molecule is Cc1cccc(NC(=O)CN(C)CCCCO)n1. The normalized spacial score (nSPS) is 10.7. The summed E-state index contributed by atoms with van der Waals surface area (Å²) in [5, 5.41) is 11.4. The summed E-state index contributed by atoms with van der Waals surface area (Å²) in [7, 11) is 1.89. The second-order valence-corrected chi connectivity index (χ2v) is 4.38. The van der Waals surface area contributed by atoms with Crippen molar-refractivity contribution in [1.29, 1.82) is 0 Å². The van der Waals surface area contributed by atoms with Crippen molar-refractivity contribution < 1.29 is 9.90 Å². The Morgan fingerprint density at radius 1 is 1.44 bits per heavy atom. The molecule has 0 bridgehead atoms. The third-order valence-corrected chi connectivity index (χ3v) is 2.52. The van der Waals surface area contributed by atoms with Gasteiger partial charge in [0, 0.05) is 12.3 Å². The lowest BCUT2D eigenvalue weighted by atomic mass is 10.3. The van der Waals surface area contributed by atoms with E-state index in [0.717, 1.165) is 25.1 Å². The molecule has 100 valence electrons. The molecule has 1 heterocycles. The van der Waals surface area contributed by atoms with Gasteiger partial charge >= 0.3 is 0 Å². The van der Waals surface area contributed by atoms with Gasteiger partial charge in [-0.05, 0) is 45.5 Å². The molecule has 0 radical (unpaired) electrons. The van der Waals surface area contributed by atoms with Crippen molar-refractivity contribution in [2.24, 2.45) is 0 Å². The van der Waals surface area contributed by atoms with Crippen molar-refractivity contribution in [1.82, 2.24) is 9.88 Å². The topological polar surface area (TPSA) is 65.5 Å². The number of hydrogen-bond donors (Lipinski definition) is 2. The van der Waals surface area contributed by atoms with E-state index in [1.165, 1.54) is 0 Å². The Balaban J connectivity index is 2.32. The van der Waals surface area contributed by atoms with Gasteiger partial charge in [-0.1, -0.05) is 6.07 Å². The second kappa shape index (κ2) is 7.79. The Hall–Kier alpha value is -1.46. The van der Waals surface area contributed by atoms with Gasteiger partial charge in [0.1, 0.15) is 5.82 Å². The first-order valence-electron chi connectivity index (χ1n) is 6.14. The quantitative estimate of drug-likeness (QED) is 0.710. The zero-order valence-corrected chi connectivity index (χ0v) is 11.0. The van der Waals surface area contributed by atoms with Crippen LogP contribution >= 0.6 is 0 Å². The highest BCUT2D eigenvalue weighted by Crippen LogP contribution is 2.03. The summed E-state index contributed by atoms with van der Waals surface area (Å²) >= 11 is 0. The number of aliphatic hydroxyl groups is 1. The minimum atomic E-state index is -0.0698. The van der Waals surface area contributed by atoms with E-state index in [9.17, 15) is 4.79 Å². The number of carbonyl (C=O) groups is 1. The molecule has 0 saturated heterocycles. The van der Waals surface area contributed by atoms with Gasteiger partial charge in [-0.25, -0.2) is 4.98 Å². The molecule has 1 rings (SSSR count). The van der Waals surface area contributed by atoms with Crippen LogP contribution in [0.4, 0.5) is 5.82 Å². The summed E-state index contributed by atoms with van der Waals surface area (Å²) in [4.78, 5) is 17.9. The van der Waals surface area contributed by atoms with Crippen LogP contribution in [-0.2, 0) is 4.79 Å². The summed E-state index contributed by atoms with van der Waals surface area (Å²) in [6.07, 6.45) is 1.66. The van der Waals surface area contributed by atoms with Gasteiger partial charge in [0.25, 0.3) is 0 Å². The third kappa shape index (κ3) is 5.75. The number of pyridine rings is 1. The van der Waals surface area contributed by atoms with E-state index in [4.69, 9.17) is 5.11 Å². The summed E-state index contributed by atoms with van der Waals surface area (Å²) in [5.41, 5.74) is 0.879. The zero-order valence-electron chi connectivity index (χ0n) is 11.0. The van der Waals surface area contributed by atoms with Crippen molar-refractivity contribution in [3.05, 3.63) is 23.9 Å². The Morgan fingerprint density at radius 2 is 2.22 bits per heavy atom. The van der Waals surface area contributed by atoms with Crippen molar-refractivity contribution in [3.63, 3.8) is 0 Å². The maximum atomic E-state index is 11.7. The van der Waals surface area contributed by atoms with Gasteiger partial charge in [0.15, 0.2) is 0 Å². The molecule has 0 spiro atoms. The maximum absolute atomic E-state index is 11.7. The average molecular weight is 251 g/mol. The molecule has 0 unspecified atom stereocenters. The molecular formula is C13H21N3O2. The van der Waals surface area contributed by atoms with E-state index in [2.05, 4.69) is 10.3 Å². The fourth-order valence-electron chi connectivity index (χ4n) is 1.61. The number of aryl methyl sites for hydroxylation is 1. The first-order chi connectivity index (χ1) is 8.61. The van der Waals surface area contributed by atoms with Crippen LogP contribution in [-0.4, -0.2) is 47.6 Å². The number of nitrogens with one attached hydrogen (secondary N) is 1. The van der Waals surface area contributed by atoms with E-state index in [1.807, 2.05) is 31.0 Å². The Morgan fingerprint density at radius 3 is 2.89 bits per heavy atom. The van der Waals surface area contributed by atoms with Crippen LogP contribution in [0.5, 0.6) is 0 Å². The fraction of sp³-hybridized carbons (Fsp3) is 0.538. The van der Waals surface area contributed by atoms with E-state index in [-0.39, 0.29) is 12.5 Å². The van der Waals surface area contributed by atoms with Gasteiger partial charge in [0.2, 0.25) is 5.91 Å². The first kappa shape index (κ1) is 14.6. The number of rotatable bonds is 7. The molecule has 0 saturated carbocycles. The molecule has 0 aliphatic heterocycles. The minimum Gasteiger partial charge on any atom is -0.396 e. The highest BCUT2D eigenvalue weighted by molar-refractivity contribution is 5.91. The van der Waals surface area contributed by atoms with Crippen LogP contribution in [0.2, 0.25) is 0 Å². The summed E-state index contributed by atoms with van der Waals surface area (Å²) in [6, 6.07) is 5.52. The monoisotopic (exact) mass is 251 g/mol. The molecule has 5 heteroatoms. The Kier molecular flexibility index (Phi) is 6.32. The summed E-state index contributed by atoms with van der Waals surface area (Å²) in [6.45, 7) is 3.22. The van der Waals surface area contributed by atoms with Crippen molar-refractivity contribution in [2.75, 3.05) is 32.1 Å².